The van der Waals surface area contributed by atoms with Gasteiger partial charge in [0.15, 0.2) is 5.78 Å². The Morgan fingerprint density at radius 1 is 1.26 bits per heavy atom. The molecule has 23 heavy (non-hydrogen) atoms. The number of nitrogens with zero attached hydrogens (tertiary/aromatic N) is 3. The lowest BCUT2D eigenvalue weighted by Crippen LogP contribution is -2.02. The SMILES string of the molecule is COc1cccc(C(=O)CSc2nnc(-c3cccnc3)o2)c1. The molecule has 0 aliphatic rings. The molecule has 0 aliphatic carbocycles. The third-order valence-corrected chi connectivity index (χ3v) is 3.85. The van der Waals surface area contributed by atoms with Crippen LogP contribution in [0, 0.1) is 0 Å². The van der Waals surface area contributed by atoms with E-state index in [4.69, 9.17) is 9.15 Å². The van der Waals surface area contributed by atoms with Gasteiger partial charge in [0.2, 0.25) is 5.89 Å². The Hall–Kier alpha value is -2.67. The van der Waals surface area contributed by atoms with Crippen LogP contribution < -0.4 is 4.74 Å². The quantitative estimate of drug-likeness (QED) is 0.508. The Morgan fingerprint density at radius 2 is 2.17 bits per heavy atom. The number of ketones is 1. The van der Waals surface area contributed by atoms with Crippen LogP contribution in [0.25, 0.3) is 11.5 Å². The van der Waals surface area contributed by atoms with Crippen molar-refractivity contribution in [1.29, 1.82) is 0 Å². The second-order valence-corrected chi connectivity index (χ2v) is 5.49. The molecule has 0 N–H and O–H groups in total. The Bertz CT molecular complexity index is 805. The van der Waals surface area contributed by atoms with Crippen molar-refractivity contribution in [3.8, 4) is 17.2 Å². The summed E-state index contributed by atoms with van der Waals surface area (Å²) in [5.74, 6) is 1.21. The van der Waals surface area contributed by atoms with Gasteiger partial charge in [-0.1, -0.05) is 23.9 Å². The summed E-state index contributed by atoms with van der Waals surface area (Å²) in [7, 11) is 1.57. The number of Topliss-reactive ketones (excluding diaryl/α,β-unsaturated/α-hetero) is 1. The molecule has 0 spiro atoms. The largest absolute Gasteiger partial charge is 0.497 e. The van der Waals surface area contributed by atoms with Crippen molar-refractivity contribution in [2.75, 3.05) is 12.9 Å². The Labute approximate surface area is 136 Å². The molecule has 0 aliphatic heterocycles. The predicted octanol–water partition coefficient (Wildman–Crippen LogP) is 3.12. The molecule has 2 aromatic heterocycles. The number of thioether (sulfide) groups is 1. The average molecular weight is 327 g/mol. The van der Waals surface area contributed by atoms with E-state index in [0.29, 0.717) is 22.4 Å². The molecule has 0 atom stereocenters. The van der Waals surface area contributed by atoms with E-state index in [1.54, 1.807) is 49.8 Å². The van der Waals surface area contributed by atoms with E-state index in [-0.39, 0.29) is 11.5 Å². The summed E-state index contributed by atoms with van der Waals surface area (Å²) in [4.78, 5) is 16.2. The highest BCUT2D eigenvalue weighted by Gasteiger charge is 2.13. The van der Waals surface area contributed by atoms with Crippen LogP contribution in [0.2, 0.25) is 0 Å². The van der Waals surface area contributed by atoms with Gasteiger partial charge in [-0.2, -0.15) is 0 Å². The van der Waals surface area contributed by atoms with Crippen LogP contribution in [0.3, 0.4) is 0 Å². The lowest BCUT2D eigenvalue weighted by molar-refractivity contribution is 0.102. The lowest BCUT2D eigenvalue weighted by atomic mass is 10.1. The predicted molar refractivity (Wildman–Crippen MR) is 85.6 cm³/mol. The van der Waals surface area contributed by atoms with Crippen molar-refractivity contribution < 1.29 is 13.9 Å². The summed E-state index contributed by atoms with van der Waals surface area (Å²) < 4.78 is 10.6. The molecule has 3 rings (SSSR count). The minimum atomic E-state index is -0.0324. The zero-order valence-corrected chi connectivity index (χ0v) is 13.1. The number of pyridine rings is 1. The van der Waals surface area contributed by atoms with Gasteiger partial charge >= 0.3 is 0 Å². The lowest BCUT2D eigenvalue weighted by Gasteiger charge is -2.02. The van der Waals surface area contributed by atoms with Crippen LogP contribution >= 0.6 is 11.8 Å². The van der Waals surface area contributed by atoms with Gasteiger partial charge in [0.05, 0.1) is 18.4 Å². The van der Waals surface area contributed by atoms with Gasteiger partial charge in [0.1, 0.15) is 5.75 Å². The van der Waals surface area contributed by atoms with Crippen LogP contribution in [-0.2, 0) is 0 Å². The first kappa shape index (κ1) is 15.2. The number of hydrogen-bond acceptors (Lipinski definition) is 7. The fourth-order valence-electron chi connectivity index (χ4n) is 1.88. The molecule has 0 unspecified atom stereocenters. The number of aromatic nitrogens is 3. The van der Waals surface area contributed by atoms with Crippen LogP contribution in [0.15, 0.2) is 58.4 Å². The molecular formula is C16H13N3O3S. The molecule has 0 fully saturated rings. The normalized spacial score (nSPS) is 10.5. The molecule has 3 aromatic rings. The third kappa shape index (κ3) is 3.75. The molecule has 0 saturated heterocycles. The van der Waals surface area contributed by atoms with Crippen molar-refractivity contribution in [2.45, 2.75) is 5.22 Å². The van der Waals surface area contributed by atoms with Crippen molar-refractivity contribution in [2.24, 2.45) is 0 Å². The van der Waals surface area contributed by atoms with E-state index in [2.05, 4.69) is 15.2 Å². The van der Waals surface area contributed by atoms with Gasteiger partial charge in [0, 0.05) is 18.0 Å². The van der Waals surface area contributed by atoms with E-state index in [9.17, 15) is 4.79 Å². The number of ether oxygens (including phenoxy) is 1. The van der Waals surface area contributed by atoms with Crippen LogP contribution in [0.5, 0.6) is 5.75 Å². The second-order valence-electron chi connectivity index (χ2n) is 4.56. The van der Waals surface area contributed by atoms with Gasteiger partial charge < -0.3 is 9.15 Å². The summed E-state index contributed by atoms with van der Waals surface area (Å²) in [6, 6.07) is 10.7. The summed E-state index contributed by atoms with van der Waals surface area (Å²) >= 11 is 1.20. The molecule has 116 valence electrons. The van der Waals surface area contributed by atoms with Gasteiger partial charge in [-0.15, -0.1) is 10.2 Å². The molecule has 6 nitrogen and oxygen atoms in total. The standard InChI is InChI=1S/C16H13N3O3S/c1-21-13-6-2-4-11(8-13)14(20)10-23-16-19-18-15(22-16)12-5-3-7-17-9-12/h2-9H,10H2,1H3. The van der Waals surface area contributed by atoms with Gasteiger partial charge in [0.25, 0.3) is 5.22 Å². The zero-order chi connectivity index (χ0) is 16.1. The highest BCUT2D eigenvalue weighted by atomic mass is 32.2. The smallest absolute Gasteiger partial charge is 0.277 e. The fourth-order valence-corrected chi connectivity index (χ4v) is 2.54. The minimum Gasteiger partial charge on any atom is -0.497 e. The molecule has 2 heterocycles. The Kier molecular flexibility index (Phi) is 4.68. The summed E-state index contributed by atoms with van der Waals surface area (Å²) in [6.07, 6.45) is 3.31. The number of benzene rings is 1. The number of carbonyl (C=O) groups is 1. The van der Waals surface area contributed by atoms with Gasteiger partial charge in [-0.25, -0.2) is 0 Å². The number of carbonyl (C=O) groups excluding carboxylic acids is 1. The number of hydrogen-bond donors (Lipinski definition) is 0. The van der Waals surface area contributed by atoms with Crippen LogP contribution in [0.4, 0.5) is 0 Å². The Morgan fingerprint density at radius 3 is 2.96 bits per heavy atom. The van der Waals surface area contributed by atoms with E-state index in [1.807, 2.05) is 6.07 Å². The molecule has 0 bridgehead atoms. The summed E-state index contributed by atoms with van der Waals surface area (Å²) in [6.45, 7) is 0. The minimum absolute atomic E-state index is 0.0324. The van der Waals surface area contributed by atoms with Gasteiger partial charge in [-0.3, -0.25) is 9.78 Å². The second kappa shape index (κ2) is 7.06. The van der Waals surface area contributed by atoms with E-state index < -0.39 is 0 Å². The van der Waals surface area contributed by atoms with Crippen molar-refractivity contribution in [1.82, 2.24) is 15.2 Å². The summed E-state index contributed by atoms with van der Waals surface area (Å²) in [5, 5.41) is 8.24. The highest BCUT2D eigenvalue weighted by molar-refractivity contribution is 7.99. The first-order valence-electron chi connectivity index (χ1n) is 6.80. The zero-order valence-electron chi connectivity index (χ0n) is 12.3. The van der Waals surface area contributed by atoms with Crippen molar-refractivity contribution in [3.05, 3.63) is 54.4 Å². The average Bonchev–Trinajstić information content (AvgIpc) is 3.09. The maximum absolute atomic E-state index is 12.2. The molecule has 7 heteroatoms. The van der Waals surface area contributed by atoms with E-state index in [0.717, 1.165) is 5.56 Å². The molecule has 0 saturated carbocycles. The van der Waals surface area contributed by atoms with E-state index >= 15 is 0 Å². The van der Waals surface area contributed by atoms with Crippen LogP contribution in [0.1, 0.15) is 10.4 Å². The molecule has 0 amide bonds. The van der Waals surface area contributed by atoms with Gasteiger partial charge in [-0.05, 0) is 24.3 Å². The number of methoxy groups -OCH3 is 1. The Balaban J connectivity index is 1.64. The molecule has 0 radical (unpaired) electrons. The maximum atomic E-state index is 12.2. The number of rotatable bonds is 6. The molecule has 1 aromatic carbocycles. The maximum Gasteiger partial charge on any atom is 0.277 e. The monoisotopic (exact) mass is 327 g/mol. The topological polar surface area (TPSA) is 78.1 Å². The first-order valence-corrected chi connectivity index (χ1v) is 7.79. The van der Waals surface area contributed by atoms with E-state index in [1.165, 1.54) is 11.8 Å². The van der Waals surface area contributed by atoms with Crippen molar-refractivity contribution >= 4 is 17.5 Å². The first-order chi connectivity index (χ1) is 11.3. The van der Waals surface area contributed by atoms with Crippen molar-refractivity contribution in [3.63, 3.8) is 0 Å². The fraction of sp³-hybridized carbons (Fsp3) is 0.125. The van der Waals surface area contributed by atoms with Crippen LogP contribution in [-0.4, -0.2) is 33.8 Å². The highest BCUT2D eigenvalue weighted by Crippen LogP contribution is 2.23. The summed E-state index contributed by atoms with van der Waals surface area (Å²) in [5.41, 5.74) is 1.33. The third-order valence-electron chi connectivity index (χ3n) is 3.03. The molecular weight excluding hydrogens is 314 g/mol.